The van der Waals surface area contributed by atoms with Gasteiger partial charge in [0.1, 0.15) is 0 Å². The summed E-state index contributed by atoms with van der Waals surface area (Å²) in [6, 6.07) is 0. The molecule has 0 atom stereocenters. The van der Waals surface area contributed by atoms with Gasteiger partial charge in [-0.25, -0.2) is 0 Å². The fourth-order valence-electron chi connectivity index (χ4n) is 4.36. The molecule has 0 amide bonds. The van der Waals surface area contributed by atoms with Crippen LogP contribution in [0.1, 0.15) is 169 Å². The van der Waals surface area contributed by atoms with E-state index in [1.165, 1.54) is 148 Å². The van der Waals surface area contributed by atoms with Crippen molar-refractivity contribution in [3.8, 4) is 0 Å². The average molecular weight is 446 g/mol. The van der Waals surface area contributed by atoms with Crippen LogP contribution in [0.3, 0.4) is 0 Å². The van der Waals surface area contributed by atoms with Crippen molar-refractivity contribution in [2.45, 2.75) is 174 Å². The summed E-state index contributed by atoms with van der Waals surface area (Å²) in [5.41, 5.74) is 0.332. The summed E-state index contributed by atoms with van der Waals surface area (Å²) in [5.74, 6) is 0. The average Bonchev–Trinajstić information content (AvgIpc) is 2.70. The third kappa shape index (κ3) is 26.3. The molecule has 0 aromatic heterocycles. The van der Waals surface area contributed by atoms with Crippen molar-refractivity contribution < 1.29 is 0 Å². The van der Waals surface area contributed by atoms with E-state index in [2.05, 4.69) is 33.0 Å². The molecule has 1 N–H and O–H groups in total. The molecular weight excluding hydrogens is 386 g/mol. The largest absolute Gasteiger partial charge is 0.312 e. The van der Waals surface area contributed by atoms with E-state index in [4.69, 9.17) is 0 Å². The van der Waals surface area contributed by atoms with Gasteiger partial charge >= 0.3 is 0 Å². The van der Waals surface area contributed by atoms with Crippen LogP contribution >= 0.6 is 12.4 Å². The first kappa shape index (κ1) is 32.4. The minimum atomic E-state index is 0. The van der Waals surface area contributed by atoms with Gasteiger partial charge in [-0.05, 0) is 33.2 Å². The van der Waals surface area contributed by atoms with E-state index in [0.717, 1.165) is 0 Å². The highest BCUT2D eigenvalue weighted by molar-refractivity contribution is 5.85. The molecule has 184 valence electrons. The van der Waals surface area contributed by atoms with E-state index >= 15 is 0 Å². The minimum absolute atomic E-state index is 0. The predicted molar refractivity (Wildman–Crippen MR) is 142 cm³/mol. The summed E-state index contributed by atoms with van der Waals surface area (Å²) < 4.78 is 0. The molecule has 0 rings (SSSR count). The van der Waals surface area contributed by atoms with Crippen molar-refractivity contribution in [1.29, 1.82) is 0 Å². The highest BCUT2D eigenvalue weighted by Crippen LogP contribution is 2.17. The lowest BCUT2D eigenvalue weighted by Crippen LogP contribution is -2.39. The van der Waals surface area contributed by atoms with Gasteiger partial charge in [0.05, 0.1) is 0 Å². The number of hydrogen-bond donors (Lipinski definition) is 1. The Hall–Kier alpha value is 0.250. The van der Waals surface area contributed by atoms with Gasteiger partial charge in [0.25, 0.3) is 0 Å². The van der Waals surface area contributed by atoms with Crippen molar-refractivity contribution in [3.05, 3.63) is 0 Å². The van der Waals surface area contributed by atoms with Crippen molar-refractivity contribution in [2.75, 3.05) is 6.54 Å². The van der Waals surface area contributed by atoms with Crippen LogP contribution in [0, 0.1) is 0 Å². The molecule has 0 unspecified atom stereocenters. The number of halogens is 1. The maximum atomic E-state index is 3.82. The molecule has 1 nitrogen and oxygen atoms in total. The number of hydrogen-bond acceptors (Lipinski definition) is 1. The van der Waals surface area contributed by atoms with Crippen LogP contribution in [-0.2, 0) is 0 Å². The Morgan fingerprint density at radius 3 is 1.10 bits per heavy atom. The summed E-state index contributed by atoms with van der Waals surface area (Å²) >= 11 is 0. The molecule has 0 radical (unpaired) electrons. The smallest absolute Gasteiger partial charge is 0.0125 e. The first-order valence-electron chi connectivity index (χ1n) is 13.9. The monoisotopic (exact) mass is 445 g/mol. The fraction of sp³-hybridized carbons (Fsp3) is 1.00. The Morgan fingerprint density at radius 2 is 0.733 bits per heavy atom. The Bertz CT molecular complexity index is 303. The number of unbranched alkanes of at least 4 members (excludes halogenated alkanes) is 19. The highest BCUT2D eigenvalue weighted by atomic mass is 35.5. The molecule has 0 saturated heterocycles. The third-order valence-electron chi connectivity index (χ3n) is 6.54. The van der Waals surface area contributed by atoms with Gasteiger partial charge in [-0.3, -0.25) is 0 Å². The van der Waals surface area contributed by atoms with Crippen LogP contribution in [0.15, 0.2) is 0 Å². The van der Waals surface area contributed by atoms with E-state index in [9.17, 15) is 0 Å². The minimum Gasteiger partial charge on any atom is -0.312 e. The maximum absolute atomic E-state index is 3.82. The molecule has 0 bridgehead atoms. The van der Waals surface area contributed by atoms with Gasteiger partial charge in [0, 0.05) is 5.54 Å². The van der Waals surface area contributed by atoms with E-state index in [0.29, 0.717) is 5.54 Å². The maximum Gasteiger partial charge on any atom is 0.0125 e. The second-order valence-corrected chi connectivity index (χ2v) is 10.3. The van der Waals surface area contributed by atoms with Crippen LogP contribution in [0.2, 0.25) is 0 Å². The summed E-state index contributed by atoms with van der Waals surface area (Å²) in [5, 5.41) is 3.82. The molecule has 0 heterocycles. The Morgan fingerprint density at radius 1 is 0.433 bits per heavy atom. The van der Waals surface area contributed by atoms with Gasteiger partial charge in [0.15, 0.2) is 0 Å². The first-order valence-corrected chi connectivity index (χ1v) is 13.9. The molecule has 0 aromatic rings. The lowest BCUT2D eigenvalue weighted by molar-refractivity contribution is 0.342. The van der Waals surface area contributed by atoms with E-state index < -0.39 is 0 Å². The van der Waals surface area contributed by atoms with E-state index in [1.807, 2.05) is 0 Å². The molecule has 30 heavy (non-hydrogen) atoms. The Labute approximate surface area is 198 Å². The molecule has 0 aromatic carbocycles. The Kier molecular flexibility index (Phi) is 27.6. The Balaban J connectivity index is 0. The van der Waals surface area contributed by atoms with Crippen LogP contribution in [0.4, 0.5) is 0 Å². The summed E-state index contributed by atoms with van der Waals surface area (Å²) in [6.07, 6.45) is 31.5. The number of nitrogens with one attached hydrogen (secondary N) is 1. The van der Waals surface area contributed by atoms with Crippen LogP contribution in [0.5, 0.6) is 0 Å². The normalized spacial score (nSPS) is 11.6. The topological polar surface area (TPSA) is 12.0 Å². The quantitative estimate of drug-likeness (QED) is 0.145. The van der Waals surface area contributed by atoms with E-state index in [-0.39, 0.29) is 12.4 Å². The zero-order valence-electron chi connectivity index (χ0n) is 21.7. The third-order valence-corrected chi connectivity index (χ3v) is 6.54. The molecule has 0 saturated carbocycles. The highest BCUT2D eigenvalue weighted by Gasteiger charge is 2.15. The molecule has 0 aliphatic rings. The van der Waals surface area contributed by atoms with Crippen LogP contribution in [0.25, 0.3) is 0 Å². The van der Waals surface area contributed by atoms with Crippen LogP contribution in [-0.4, -0.2) is 12.1 Å². The molecule has 0 spiro atoms. The molecule has 0 fully saturated rings. The van der Waals surface area contributed by atoms with Crippen molar-refractivity contribution in [3.63, 3.8) is 0 Å². The lowest BCUT2D eigenvalue weighted by atomic mass is 9.95. The molecule has 0 aliphatic heterocycles. The van der Waals surface area contributed by atoms with Gasteiger partial charge < -0.3 is 5.32 Å². The standard InChI is InChI=1S/C28H59N.ClH/c1-5-7-9-11-13-15-16-17-19-21-23-25-27-29-28(3,4)26-24-22-20-18-14-12-10-8-6-2;/h29H,5-27H2,1-4H3;1H. The second-order valence-electron chi connectivity index (χ2n) is 10.3. The van der Waals surface area contributed by atoms with Crippen molar-refractivity contribution in [1.82, 2.24) is 5.32 Å². The summed E-state index contributed by atoms with van der Waals surface area (Å²) in [4.78, 5) is 0. The van der Waals surface area contributed by atoms with Crippen molar-refractivity contribution in [2.24, 2.45) is 0 Å². The van der Waals surface area contributed by atoms with Gasteiger partial charge in [-0.2, -0.15) is 0 Å². The van der Waals surface area contributed by atoms with Gasteiger partial charge in [0.2, 0.25) is 0 Å². The molecule has 0 aliphatic carbocycles. The van der Waals surface area contributed by atoms with Gasteiger partial charge in [-0.15, -0.1) is 12.4 Å². The van der Waals surface area contributed by atoms with E-state index in [1.54, 1.807) is 0 Å². The van der Waals surface area contributed by atoms with Crippen molar-refractivity contribution >= 4 is 12.4 Å². The lowest BCUT2D eigenvalue weighted by Gasteiger charge is -2.26. The zero-order valence-corrected chi connectivity index (χ0v) is 22.5. The first-order chi connectivity index (χ1) is 14.1. The molecule has 2 heteroatoms. The second kappa shape index (κ2) is 25.5. The summed E-state index contributed by atoms with van der Waals surface area (Å²) in [7, 11) is 0. The molecular formula is C28H60ClN. The number of rotatable bonds is 24. The zero-order chi connectivity index (χ0) is 21.5. The van der Waals surface area contributed by atoms with Crippen LogP contribution < -0.4 is 5.32 Å². The predicted octanol–water partition coefficient (Wildman–Crippen LogP) is 10.4. The SMILES string of the molecule is CCCCCCCCCCCCCCNC(C)(C)CCCCCCCCCCC.Cl. The fourth-order valence-corrected chi connectivity index (χ4v) is 4.36. The summed E-state index contributed by atoms with van der Waals surface area (Å²) in [6.45, 7) is 10.6. The van der Waals surface area contributed by atoms with Gasteiger partial charge in [-0.1, -0.05) is 142 Å².